The van der Waals surface area contributed by atoms with Crippen LogP contribution < -0.4 is 0 Å². The van der Waals surface area contributed by atoms with Crippen LogP contribution in [-0.4, -0.2) is 12.6 Å². The Bertz CT molecular complexity index is 455. The van der Waals surface area contributed by atoms with Gasteiger partial charge in [-0.25, -0.2) is 0 Å². The highest BCUT2D eigenvalue weighted by molar-refractivity contribution is 5.65. The molecular formula is C22H38O2. The summed E-state index contributed by atoms with van der Waals surface area (Å²) < 4.78 is 5.12. The Labute approximate surface area is 149 Å². The summed E-state index contributed by atoms with van der Waals surface area (Å²) in [5, 5.41) is 0. The quantitative estimate of drug-likeness (QED) is 0.631. The number of hydrogen-bond acceptors (Lipinski definition) is 2. The summed E-state index contributed by atoms with van der Waals surface area (Å²) in [6.07, 6.45) is 5.72. The number of rotatable bonds is 2. The van der Waals surface area contributed by atoms with E-state index in [1.165, 1.54) is 26.2 Å². The highest BCUT2D eigenvalue weighted by Gasteiger charge is 2.49. The Morgan fingerprint density at radius 2 is 1.33 bits per heavy atom. The summed E-state index contributed by atoms with van der Waals surface area (Å²) in [5.74, 6) is 9.21. The van der Waals surface area contributed by atoms with Gasteiger partial charge < -0.3 is 4.74 Å². The lowest BCUT2D eigenvalue weighted by molar-refractivity contribution is -0.143. The first-order valence-electron chi connectivity index (χ1n) is 10.4. The first kappa shape index (κ1) is 18.3. The monoisotopic (exact) mass is 334 g/mol. The Morgan fingerprint density at radius 1 is 0.792 bits per heavy atom. The van der Waals surface area contributed by atoms with E-state index in [1.54, 1.807) is 6.42 Å². The molecule has 24 heavy (non-hydrogen) atoms. The first-order valence-corrected chi connectivity index (χ1v) is 10.4. The number of esters is 1. The predicted molar refractivity (Wildman–Crippen MR) is 98.4 cm³/mol. The minimum atomic E-state index is -0.131. The van der Waals surface area contributed by atoms with Gasteiger partial charge in [-0.15, -0.1) is 0 Å². The molecule has 0 aromatic heterocycles. The van der Waals surface area contributed by atoms with Crippen LogP contribution in [0.5, 0.6) is 0 Å². The largest absolute Gasteiger partial charge is 0.466 e. The SMILES string of the molecule is CC(=O)OCC1CC2CC1C(C)C2C.CC1CC2CC1C(C)C2C. The van der Waals surface area contributed by atoms with Gasteiger partial charge in [0.25, 0.3) is 0 Å². The fourth-order valence-electron chi connectivity index (χ4n) is 6.82. The van der Waals surface area contributed by atoms with Crippen molar-refractivity contribution in [1.82, 2.24) is 0 Å². The molecule has 0 aliphatic heterocycles. The standard InChI is InChI=1S/C12H20O2.C10H18/c1-7-8(2)12-5-10(7)4-11(12)6-14-9(3)13;1-6-4-9-5-10(6)8(3)7(9)2/h7-8,10-12H,4-6H2,1-3H3;6-10H,4-5H2,1-3H3. The number of ether oxygens (including phenoxy) is 1. The summed E-state index contributed by atoms with van der Waals surface area (Å²) in [6, 6.07) is 0. The number of carbonyl (C=O) groups is 1. The van der Waals surface area contributed by atoms with E-state index in [1.807, 2.05) is 0 Å². The van der Waals surface area contributed by atoms with Gasteiger partial charge >= 0.3 is 5.97 Å². The summed E-state index contributed by atoms with van der Waals surface area (Å²) >= 11 is 0. The maximum atomic E-state index is 10.7. The molecule has 0 spiro atoms. The molecule has 0 N–H and O–H groups in total. The maximum absolute atomic E-state index is 10.7. The van der Waals surface area contributed by atoms with E-state index in [-0.39, 0.29) is 5.97 Å². The molecule has 0 amide bonds. The van der Waals surface area contributed by atoms with E-state index in [0.29, 0.717) is 12.5 Å². The second-order valence-corrected chi connectivity index (χ2v) is 9.77. The van der Waals surface area contributed by atoms with Crippen molar-refractivity contribution >= 4 is 5.97 Å². The first-order chi connectivity index (χ1) is 11.3. The smallest absolute Gasteiger partial charge is 0.302 e. The van der Waals surface area contributed by atoms with Gasteiger partial charge in [0.2, 0.25) is 0 Å². The third-order valence-electron chi connectivity index (χ3n) is 8.76. The van der Waals surface area contributed by atoms with E-state index in [0.717, 1.165) is 53.3 Å². The van der Waals surface area contributed by atoms with E-state index >= 15 is 0 Å². The van der Waals surface area contributed by atoms with Gasteiger partial charge in [-0.1, -0.05) is 34.6 Å². The molecule has 4 rings (SSSR count). The molecule has 4 fully saturated rings. The third kappa shape index (κ3) is 3.27. The molecule has 4 bridgehead atoms. The van der Waals surface area contributed by atoms with Crippen LogP contribution in [0.3, 0.4) is 0 Å². The summed E-state index contributed by atoms with van der Waals surface area (Å²) in [5.41, 5.74) is 0. The minimum absolute atomic E-state index is 0.131. The fraction of sp³-hybridized carbons (Fsp3) is 0.955. The van der Waals surface area contributed by atoms with Crippen LogP contribution >= 0.6 is 0 Å². The van der Waals surface area contributed by atoms with Gasteiger partial charge in [0.05, 0.1) is 6.61 Å². The zero-order chi connectivity index (χ0) is 17.6. The van der Waals surface area contributed by atoms with Crippen molar-refractivity contribution in [2.75, 3.05) is 6.61 Å². The highest BCUT2D eigenvalue weighted by atomic mass is 16.5. The van der Waals surface area contributed by atoms with Gasteiger partial charge in [-0.2, -0.15) is 0 Å². The normalized spacial score (nSPS) is 51.4. The van der Waals surface area contributed by atoms with Gasteiger partial charge in [-0.05, 0) is 84.9 Å². The van der Waals surface area contributed by atoms with E-state index in [2.05, 4.69) is 34.6 Å². The number of carbonyl (C=O) groups excluding carboxylic acids is 1. The second-order valence-electron chi connectivity index (χ2n) is 9.77. The van der Waals surface area contributed by atoms with Gasteiger partial charge in [0.1, 0.15) is 0 Å². The average molecular weight is 335 g/mol. The van der Waals surface area contributed by atoms with Crippen LogP contribution in [-0.2, 0) is 9.53 Å². The Morgan fingerprint density at radius 3 is 1.75 bits per heavy atom. The fourth-order valence-corrected chi connectivity index (χ4v) is 6.82. The molecule has 10 atom stereocenters. The van der Waals surface area contributed by atoms with Gasteiger partial charge in [-0.3, -0.25) is 4.79 Å². The molecule has 2 nitrogen and oxygen atoms in total. The van der Waals surface area contributed by atoms with Crippen molar-refractivity contribution in [3.8, 4) is 0 Å². The summed E-state index contributed by atoms with van der Waals surface area (Å²) in [4.78, 5) is 10.7. The van der Waals surface area contributed by atoms with Crippen molar-refractivity contribution in [2.45, 2.75) is 67.2 Å². The molecule has 4 aliphatic carbocycles. The van der Waals surface area contributed by atoms with E-state index in [9.17, 15) is 4.79 Å². The third-order valence-corrected chi connectivity index (χ3v) is 8.76. The topological polar surface area (TPSA) is 26.3 Å². The predicted octanol–water partition coefficient (Wildman–Crippen LogP) is 5.41. The van der Waals surface area contributed by atoms with E-state index < -0.39 is 0 Å². The minimum Gasteiger partial charge on any atom is -0.466 e. The Balaban J connectivity index is 0.000000149. The zero-order valence-corrected chi connectivity index (χ0v) is 16.6. The lowest BCUT2D eigenvalue weighted by atomic mass is 9.76. The molecule has 4 saturated carbocycles. The van der Waals surface area contributed by atoms with Crippen LogP contribution in [0.15, 0.2) is 0 Å². The van der Waals surface area contributed by atoms with Crippen molar-refractivity contribution in [3.05, 3.63) is 0 Å². The molecule has 10 unspecified atom stereocenters. The zero-order valence-electron chi connectivity index (χ0n) is 16.6. The average Bonchev–Trinajstić information content (AvgIpc) is 3.24. The van der Waals surface area contributed by atoms with Crippen molar-refractivity contribution in [1.29, 1.82) is 0 Å². The molecule has 0 heterocycles. The van der Waals surface area contributed by atoms with Crippen molar-refractivity contribution in [3.63, 3.8) is 0 Å². The van der Waals surface area contributed by atoms with Crippen LogP contribution in [0.2, 0.25) is 0 Å². The van der Waals surface area contributed by atoms with Gasteiger partial charge in [0.15, 0.2) is 0 Å². The molecule has 138 valence electrons. The van der Waals surface area contributed by atoms with E-state index in [4.69, 9.17) is 4.74 Å². The molecule has 0 aromatic rings. The molecule has 0 aromatic carbocycles. The van der Waals surface area contributed by atoms with Crippen LogP contribution in [0.4, 0.5) is 0 Å². The molecular weight excluding hydrogens is 296 g/mol. The maximum Gasteiger partial charge on any atom is 0.302 e. The van der Waals surface area contributed by atoms with Crippen molar-refractivity contribution in [2.24, 2.45) is 59.2 Å². The molecule has 4 aliphatic rings. The second kappa shape index (κ2) is 7.00. The summed E-state index contributed by atoms with van der Waals surface area (Å²) in [6.45, 7) is 14.2. The lowest BCUT2D eigenvalue weighted by Gasteiger charge is -2.31. The number of hydrogen-bond donors (Lipinski definition) is 0. The molecule has 0 saturated heterocycles. The Hall–Kier alpha value is -0.530. The van der Waals surface area contributed by atoms with Crippen molar-refractivity contribution < 1.29 is 9.53 Å². The number of fused-ring (bicyclic) bond motifs is 4. The molecule has 0 radical (unpaired) electrons. The summed E-state index contributed by atoms with van der Waals surface area (Å²) in [7, 11) is 0. The highest BCUT2D eigenvalue weighted by Crippen LogP contribution is 2.55. The van der Waals surface area contributed by atoms with Crippen LogP contribution in [0.1, 0.15) is 67.2 Å². The van der Waals surface area contributed by atoms with Gasteiger partial charge in [0, 0.05) is 6.92 Å². The Kier molecular flexibility index (Phi) is 5.33. The van der Waals surface area contributed by atoms with Crippen LogP contribution in [0, 0.1) is 59.2 Å². The lowest BCUT2D eigenvalue weighted by Crippen LogP contribution is -2.27. The molecule has 2 heteroatoms. The van der Waals surface area contributed by atoms with Crippen LogP contribution in [0.25, 0.3) is 0 Å².